The van der Waals surface area contributed by atoms with Gasteiger partial charge in [-0.25, -0.2) is 0 Å². The molecule has 0 bridgehead atoms. The maximum atomic E-state index is 12.0. The highest BCUT2D eigenvalue weighted by Crippen LogP contribution is 2.21. The summed E-state index contributed by atoms with van der Waals surface area (Å²) in [6, 6.07) is 2.15. The summed E-state index contributed by atoms with van der Waals surface area (Å²) in [4.78, 5) is 12.0. The lowest BCUT2D eigenvalue weighted by molar-refractivity contribution is -0.125. The van der Waals surface area contributed by atoms with E-state index < -0.39 is 0 Å². The fraction of sp³-hybridized carbons (Fsp3) is 0.846. The summed E-state index contributed by atoms with van der Waals surface area (Å²) in [6.45, 7) is 6.21. The number of rotatable bonds is 8. The topological polar surface area (TPSA) is 40.9 Å². The Morgan fingerprint density at radius 2 is 1.53 bits per heavy atom. The van der Waals surface area contributed by atoms with Crippen molar-refractivity contribution in [3.63, 3.8) is 0 Å². The monoisotopic (exact) mass is 209 g/mol. The first-order valence-corrected chi connectivity index (χ1v) is 6.14. The first-order valence-electron chi connectivity index (χ1n) is 6.14. The highest BCUT2D eigenvalue weighted by atomic mass is 16.1. The maximum Gasteiger partial charge on any atom is 0.153 e. The van der Waals surface area contributed by atoms with E-state index in [4.69, 9.17) is 5.26 Å². The van der Waals surface area contributed by atoms with Crippen LogP contribution in [0.2, 0.25) is 0 Å². The molecule has 1 atom stereocenters. The Balaban J connectivity index is 4.38. The van der Waals surface area contributed by atoms with Crippen LogP contribution in [0.1, 0.15) is 59.3 Å². The smallest absolute Gasteiger partial charge is 0.153 e. The van der Waals surface area contributed by atoms with Crippen LogP contribution in [0.5, 0.6) is 0 Å². The van der Waals surface area contributed by atoms with Crippen molar-refractivity contribution in [3.05, 3.63) is 0 Å². The SMILES string of the molecule is CCCC(C#N)C(=O)C(CCC)CCC. The highest BCUT2D eigenvalue weighted by Gasteiger charge is 2.24. The Hall–Kier alpha value is -0.840. The minimum atomic E-state index is -0.363. The number of hydrogen-bond donors (Lipinski definition) is 0. The summed E-state index contributed by atoms with van der Waals surface area (Å²) in [6.07, 6.45) is 5.57. The van der Waals surface area contributed by atoms with Gasteiger partial charge in [-0.2, -0.15) is 5.26 Å². The van der Waals surface area contributed by atoms with Crippen LogP contribution in [-0.2, 0) is 4.79 Å². The van der Waals surface area contributed by atoms with E-state index in [1.54, 1.807) is 0 Å². The van der Waals surface area contributed by atoms with Crippen molar-refractivity contribution < 1.29 is 4.79 Å². The largest absolute Gasteiger partial charge is 0.298 e. The second-order valence-corrected chi connectivity index (χ2v) is 4.15. The summed E-state index contributed by atoms with van der Waals surface area (Å²) in [5.74, 6) is -0.0580. The van der Waals surface area contributed by atoms with Crippen molar-refractivity contribution >= 4 is 5.78 Å². The van der Waals surface area contributed by atoms with Gasteiger partial charge in [-0.3, -0.25) is 4.79 Å². The van der Waals surface area contributed by atoms with Crippen LogP contribution < -0.4 is 0 Å². The molecule has 0 aliphatic carbocycles. The molecule has 0 heterocycles. The molecule has 0 saturated heterocycles. The molecule has 0 aliphatic rings. The molecule has 0 N–H and O–H groups in total. The molecular weight excluding hydrogens is 186 g/mol. The lowest BCUT2D eigenvalue weighted by Crippen LogP contribution is -2.22. The van der Waals surface area contributed by atoms with E-state index in [1.165, 1.54) is 0 Å². The van der Waals surface area contributed by atoms with E-state index in [1.807, 2.05) is 6.92 Å². The molecule has 0 rings (SSSR count). The summed E-state index contributed by atoms with van der Waals surface area (Å²) in [5.41, 5.74) is 0. The highest BCUT2D eigenvalue weighted by molar-refractivity contribution is 5.85. The van der Waals surface area contributed by atoms with E-state index in [2.05, 4.69) is 19.9 Å². The molecule has 2 heteroatoms. The maximum absolute atomic E-state index is 12.0. The van der Waals surface area contributed by atoms with Crippen LogP contribution in [0.3, 0.4) is 0 Å². The number of Topliss-reactive ketones (excluding diaryl/α,β-unsaturated/α-hetero) is 1. The van der Waals surface area contributed by atoms with Crippen LogP contribution in [0.4, 0.5) is 0 Å². The van der Waals surface area contributed by atoms with Gasteiger partial charge in [-0.05, 0) is 19.3 Å². The number of nitriles is 1. The van der Waals surface area contributed by atoms with Crippen molar-refractivity contribution in [3.8, 4) is 6.07 Å². The van der Waals surface area contributed by atoms with Crippen molar-refractivity contribution in [2.24, 2.45) is 11.8 Å². The molecule has 2 nitrogen and oxygen atoms in total. The molecule has 0 aromatic rings. The molecule has 0 aromatic carbocycles. The predicted octanol–water partition coefficient (Wildman–Crippen LogP) is 3.71. The molecule has 0 spiro atoms. The van der Waals surface area contributed by atoms with E-state index in [0.717, 1.165) is 38.5 Å². The third kappa shape index (κ3) is 4.97. The van der Waals surface area contributed by atoms with Crippen molar-refractivity contribution in [1.82, 2.24) is 0 Å². The Bertz CT molecular complexity index is 211. The molecule has 0 aliphatic heterocycles. The Labute approximate surface area is 93.7 Å². The third-order valence-electron chi connectivity index (χ3n) is 2.75. The summed E-state index contributed by atoms with van der Waals surface area (Å²) in [5, 5.41) is 8.94. The van der Waals surface area contributed by atoms with E-state index in [0.29, 0.717) is 0 Å². The van der Waals surface area contributed by atoms with Gasteiger partial charge in [0.1, 0.15) is 5.92 Å². The molecule has 0 fully saturated rings. The first kappa shape index (κ1) is 14.2. The average Bonchev–Trinajstić information content (AvgIpc) is 2.24. The molecule has 0 radical (unpaired) electrons. The average molecular weight is 209 g/mol. The summed E-state index contributed by atoms with van der Waals surface area (Å²) in [7, 11) is 0. The number of carbonyl (C=O) groups excluding carboxylic acids is 1. The lowest BCUT2D eigenvalue weighted by atomic mass is 9.85. The standard InChI is InChI=1S/C13H23NO/c1-4-7-11(8-5-2)13(15)12(10-14)9-6-3/h11-12H,4-9H2,1-3H3. The predicted molar refractivity (Wildman–Crippen MR) is 62.3 cm³/mol. The fourth-order valence-electron chi connectivity index (χ4n) is 1.97. The Morgan fingerprint density at radius 1 is 1.07 bits per heavy atom. The molecule has 1 unspecified atom stereocenters. The van der Waals surface area contributed by atoms with Crippen LogP contribution in [0, 0.1) is 23.2 Å². The Morgan fingerprint density at radius 3 is 1.87 bits per heavy atom. The van der Waals surface area contributed by atoms with Gasteiger partial charge in [0.05, 0.1) is 6.07 Å². The number of nitrogens with zero attached hydrogens (tertiary/aromatic N) is 1. The van der Waals surface area contributed by atoms with Crippen LogP contribution in [-0.4, -0.2) is 5.78 Å². The Kier molecular flexibility index (Phi) is 7.99. The van der Waals surface area contributed by atoms with Gasteiger partial charge in [0, 0.05) is 5.92 Å². The normalized spacial score (nSPS) is 12.5. The quantitative estimate of drug-likeness (QED) is 0.611. The zero-order valence-electron chi connectivity index (χ0n) is 10.3. The van der Waals surface area contributed by atoms with Gasteiger partial charge in [0.25, 0.3) is 0 Å². The van der Waals surface area contributed by atoms with Crippen LogP contribution in [0.25, 0.3) is 0 Å². The second kappa shape index (κ2) is 8.47. The van der Waals surface area contributed by atoms with Gasteiger partial charge in [0.2, 0.25) is 0 Å². The van der Waals surface area contributed by atoms with E-state index in [-0.39, 0.29) is 17.6 Å². The fourth-order valence-corrected chi connectivity index (χ4v) is 1.97. The lowest BCUT2D eigenvalue weighted by Gasteiger charge is -2.16. The van der Waals surface area contributed by atoms with Crippen molar-refractivity contribution in [2.75, 3.05) is 0 Å². The van der Waals surface area contributed by atoms with Crippen molar-refractivity contribution in [1.29, 1.82) is 5.26 Å². The van der Waals surface area contributed by atoms with E-state index >= 15 is 0 Å². The molecular formula is C13H23NO. The van der Waals surface area contributed by atoms with Crippen LogP contribution >= 0.6 is 0 Å². The first-order chi connectivity index (χ1) is 7.21. The zero-order chi connectivity index (χ0) is 11.7. The molecule has 0 saturated carbocycles. The van der Waals surface area contributed by atoms with Crippen molar-refractivity contribution in [2.45, 2.75) is 59.3 Å². The number of hydrogen-bond acceptors (Lipinski definition) is 2. The van der Waals surface area contributed by atoms with Gasteiger partial charge in [-0.1, -0.05) is 40.0 Å². The number of carbonyl (C=O) groups is 1. The molecule has 0 aromatic heterocycles. The van der Waals surface area contributed by atoms with E-state index in [9.17, 15) is 4.79 Å². The van der Waals surface area contributed by atoms with Gasteiger partial charge in [0.15, 0.2) is 5.78 Å². The summed E-state index contributed by atoms with van der Waals surface area (Å²) < 4.78 is 0. The zero-order valence-corrected chi connectivity index (χ0v) is 10.3. The van der Waals surface area contributed by atoms with Gasteiger partial charge < -0.3 is 0 Å². The minimum Gasteiger partial charge on any atom is -0.298 e. The third-order valence-corrected chi connectivity index (χ3v) is 2.75. The molecule has 86 valence electrons. The number of ketones is 1. The van der Waals surface area contributed by atoms with Crippen LogP contribution in [0.15, 0.2) is 0 Å². The van der Waals surface area contributed by atoms with Gasteiger partial charge >= 0.3 is 0 Å². The molecule has 15 heavy (non-hydrogen) atoms. The second-order valence-electron chi connectivity index (χ2n) is 4.15. The minimum absolute atomic E-state index is 0.121. The van der Waals surface area contributed by atoms with Gasteiger partial charge in [-0.15, -0.1) is 0 Å². The molecule has 0 amide bonds. The summed E-state index contributed by atoms with van der Waals surface area (Å²) >= 11 is 0.